The summed E-state index contributed by atoms with van der Waals surface area (Å²) in [4.78, 5) is 23.2. The average molecular weight is 325 g/mol. The molecule has 0 aliphatic carbocycles. The van der Waals surface area contributed by atoms with E-state index in [2.05, 4.69) is 0 Å². The highest BCUT2D eigenvalue weighted by Crippen LogP contribution is 2.40. The topological polar surface area (TPSA) is 86.0 Å². The minimum absolute atomic E-state index is 0.00214. The number of carbonyl (C=O) groups is 1. The molecule has 1 aromatic heterocycles. The second-order valence-electron chi connectivity index (χ2n) is 4.23. The van der Waals surface area contributed by atoms with Gasteiger partial charge in [-0.05, 0) is 19.1 Å². The molecular weight excluding hydrogens is 312 g/mol. The number of benzene rings is 1. The molecule has 6 nitrogen and oxygen atoms in total. The van der Waals surface area contributed by atoms with E-state index in [9.17, 15) is 14.7 Å². The maximum atomic E-state index is 11.9. The molecule has 2 rings (SSSR count). The van der Waals surface area contributed by atoms with E-state index in [1.807, 2.05) is 0 Å². The summed E-state index contributed by atoms with van der Waals surface area (Å²) >= 11 is 5.83. The molecule has 0 spiro atoms. The number of phenols is 1. The van der Waals surface area contributed by atoms with Crippen molar-refractivity contribution in [2.75, 3.05) is 13.7 Å². The fraction of sp³-hybridized carbons (Fsp3) is 0.200. The smallest absolute Gasteiger partial charge is 0.343 e. The van der Waals surface area contributed by atoms with Gasteiger partial charge >= 0.3 is 11.6 Å². The largest absolute Gasteiger partial charge is 0.503 e. The Morgan fingerprint density at radius 3 is 2.82 bits per heavy atom. The van der Waals surface area contributed by atoms with Crippen LogP contribution in [0, 0.1) is 0 Å². The first-order valence-corrected chi connectivity index (χ1v) is 6.73. The molecule has 0 saturated heterocycles. The van der Waals surface area contributed by atoms with Crippen molar-refractivity contribution in [3.05, 3.63) is 39.2 Å². The van der Waals surface area contributed by atoms with Crippen LogP contribution >= 0.6 is 11.6 Å². The van der Waals surface area contributed by atoms with Gasteiger partial charge in [0.25, 0.3) is 0 Å². The van der Waals surface area contributed by atoms with Gasteiger partial charge in [-0.1, -0.05) is 11.6 Å². The number of hydrogen-bond acceptors (Lipinski definition) is 6. The molecule has 0 saturated carbocycles. The van der Waals surface area contributed by atoms with Crippen molar-refractivity contribution in [1.82, 2.24) is 0 Å². The van der Waals surface area contributed by atoms with Gasteiger partial charge < -0.3 is 19.0 Å². The molecule has 0 bridgehead atoms. The number of carbonyl (C=O) groups excluding carboxylic acids is 1. The quantitative estimate of drug-likeness (QED) is 0.528. The van der Waals surface area contributed by atoms with E-state index in [1.54, 1.807) is 6.92 Å². The number of methoxy groups -OCH3 is 1. The third-order valence-corrected chi connectivity index (χ3v) is 3.13. The normalized spacial score (nSPS) is 11.0. The minimum atomic E-state index is -0.656. The van der Waals surface area contributed by atoms with Gasteiger partial charge in [-0.3, -0.25) is 0 Å². The highest BCUT2D eigenvalue weighted by Gasteiger charge is 2.15. The first-order valence-electron chi connectivity index (χ1n) is 6.36. The Morgan fingerprint density at radius 2 is 2.18 bits per heavy atom. The molecule has 0 amide bonds. The van der Waals surface area contributed by atoms with Crippen LogP contribution < -0.4 is 10.4 Å². The van der Waals surface area contributed by atoms with Gasteiger partial charge in [-0.15, -0.1) is 0 Å². The number of esters is 1. The molecule has 2 aromatic rings. The van der Waals surface area contributed by atoms with Crippen LogP contribution in [0.1, 0.15) is 12.5 Å². The van der Waals surface area contributed by atoms with Gasteiger partial charge in [-0.2, -0.15) is 0 Å². The summed E-state index contributed by atoms with van der Waals surface area (Å²) in [7, 11) is 1.35. The number of fused-ring (bicyclic) bond motifs is 1. The molecule has 7 heteroatoms. The fourth-order valence-corrected chi connectivity index (χ4v) is 2.06. The predicted octanol–water partition coefficient (Wildman–Crippen LogP) is 2.74. The summed E-state index contributed by atoms with van der Waals surface area (Å²) in [6.45, 7) is 1.91. The second kappa shape index (κ2) is 6.53. The lowest BCUT2D eigenvalue weighted by atomic mass is 10.1. The Labute approximate surface area is 130 Å². The van der Waals surface area contributed by atoms with E-state index in [4.69, 9.17) is 25.5 Å². The van der Waals surface area contributed by atoms with Crippen LogP contribution in [-0.2, 0) is 9.53 Å². The van der Waals surface area contributed by atoms with Crippen molar-refractivity contribution < 1.29 is 23.8 Å². The molecule has 1 aromatic carbocycles. The SMILES string of the molecule is CCOC(=O)/C=C/c1cc2c(OC)c(O)c(Cl)cc2oc1=O. The Bertz CT molecular complexity index is 806. The molecule has 0 atom stereocenters. The van der Waals surface area contributed by atoms with Crippen LogP contribution in [0.3, 0.4) is 0 Å². The van der Waals surface area contributed by atoms with Gasteiger partial charge in [-0.25, -0.2) is 9.59 Å². The number of rotatable bonds is 4. The number of hydrogen-bond donors (Lipinski definition) is 1. The monoisotopic (exact) mass is 324 g/mol. The number of phenolic OH excluding ortho intramolecular Hbond substituents is 1. The van der Waals surface area contributed by atoms with E-state index in [1.165, 1.54) is 25.3 Å². The van der Waals surface area contributed by atoms with Crippen molar-refractivity contribution >= 4 is 34.6 Å². The molecule has 0 unspecified atom stereocenters. The maximum absolute atomic E-state index is 11.9. The van der Waals surface area contributed by atoms with Gasteiger partial charge in [0.2, 0.25) is 0 Å². The van der Waals surface area contributed by atoms with Crippen LogP contribution in [0.2, 0.25) is 5.02 Å². The van der Waals surface area contributed by atoms with Crippen LogP contribution in [0.4, 0.5) is 0 Å². The van der Waals surface area contributed by atoms with Gasteiger partial charge in [0.15, 0.2) is 11.5 Å². The van der Waals surface area contributed by atoms with Crippen molar-refractivity contribution in [3.8, 4) is 11.5 Å². The van der Waals surface area contributed by atoms with E-state index >= 15 is 0 Å². The summed E-state index contributed by atoms with van der Waals surface area (Å²) in [6.07, 6.45) is 2.39. The summed E-state index contributed by atoms with van der Waals surface area (Å²) in [5.74, 6) is -0.754. The zero-order chi connectivity index (χ0) is 16.3. The van der Waals surface area contributed by atoms with Gasteiger partial charge in [0, 0.05) is 12.1 Å². The molecule has 22 heavy (non-hydrogen) atoms. The fourth-order valence-electron chi connectivity index (χ4n) is 1.87. The molecule has 0 radical (unpaired) electrons. The van der Waals surface area contributed by atoms with E-state index in [-0.39, 0.29) is 34.3 Å². The van der Waals surface area contributed by atoms with Crippen LogP contribution in [-0.4, -0.2) is 24.8 Å². The highest BCUT2D eigenvalue weighted by atomic mass is 35.5. The molecule has 1 heterocycles. The first-order chi connectivity index (χ1) is 10.5. The molecule has 0 fully saturated rings. The van der Waals surface area contributed by atoms with E-state index in [0.29, 0.717) is 5.39 Å². The van der Waals surface area contributed by atoms with E-state index in [0.717, 1.165) is 6.08 Å². The highest BCUT2D eigenvalue weighted by molar-refractivity contribution is 6.33. The average Bonchev–Trinajstić information content (AvgIpc) is 2.47. The standard InChI is InChI=1S/C15H13ClO6/c1-3-21-12(17)5-4-8-6-9-11(22-15(8)19)7-10(16)13(18)14(9)20-2/h4-7,18H,3H2,1-2H3/b5-4+. The maximum Gasteiger partial charge on any atom is 0.343 e. The lowest BCUT2D eigenvalue weighted by Crippen LogP contribution is -2.04. The summed E-state index contributed by atoms with van der Waals surface area (Å²) in [5.41, 5.74) is -0.379. The zero-order valence-corrected chi connectivity index (χ0v) is 12.6. The van der Waals surface area contributed by atoms with Crippen molar-refractivity contribution in [3.63, 3.8) is 0 Å². The van der Waals surface area contributed by atoms with Gasteiger partial charge in [0.1, 0.15) is 5.58 Å². The molecular formula is C15H13ClO6. The van der Waals surface area contributed by atoms with Crippen LogP contribution in [0.25, 0.3) is 17.0 Å². The van der Waals surface area contributed by atoms with Gasteiger partial charge in [0.05, 0.1) is 29.7 Å². The van der Waals surface area contributed by atoms with Crippen molar-refractivity contribution in [2.24, 2.45) is 0 Å². The van der Waals surface area contributed by atoms with Crippen LogP contribution in [0.5, 0.6) is 11.5 Å². The Hall–Kier alpha value is -2.47. The Morgan fingerprint density at radius 1 is 1.45 bits per heavy atom. The van der Waals surface area contributed by atoms with Crippen molar-refractivity contribution in [1.29, 1.82) is 0 Å². The number of ether oxygens (including phenoxy) is 2. The Balaban J connectivity index is 2.59. The lowest BCUT2D eigenvalue weighted by Gasteiger charge is -2.08. The lowest BCUT2D eigenvalue weighted by molar-refractivity contribution is -0.137. The summed E-state index contributed by atoms with van der Waals surface area (Å²) < 4.78 is 14.9. The predicted molar refractivity (Wildman–Crippen MR) is 81.4 cm³/mol. The van der Waals surface area contributed by atoms with Crippen LogP contribution in [0.15, 0.2) is 27.4 Å². The molecule has 0 aliphatic heterocycles. The molecule has 0 aliphatic rings. The minimum Gasteiger partial charge on any atom is -0.503 e. The van der Waals surface area contributed by atoms with Crippen molar-refractivity contribution in [2.45, 2.75) is 6.92 Å². The first kappa shape index (κ1) is 15.9. The third-order valence-electron chi connectivity index (χ3n) is 2.84. The summed E-state index contributed by atoms with van der Waals surface area (Å²) in [5, 5.41) is 10.2. The number of halogens is 1. The van der Waals surface area contributed by atoms with E-state index < -0.39 is 11.6 Å². The summed E-state index contributed by atoms with van der Waals surface area (Å²) in [6, 6.07) is 2.75. The Kier molecular flexibility index (Phi) is 4.72. The second-order valence-corrected chi connectivity index (χ2v) is 4.63. The zero-order valence-electron chi connectivity index (χ0n) is 11.9. The third kappa shape index (κ3) is 3.07. The molecule has 1 N–H and O–H groups in total. The number of aromatic hydroxyl groups is 1. The molecule has 116 valence electrons.